The zero-order valence-corrected chi connectivity index (χ0v) is 17.7. The first-order chi connectivity index (χ1) is 14.3. The average molecular weight is 456 g/mol. The number of nitrogens with zero attached hydrogens (tertiary/aromatic N) is 2. The summed E-state index contributed by atoms with van der Waals surface area (Å²) in [6.45, 7) is 0. The average Bonchev–Trinajstić information content (AvgIpc) is 3.19. The van der Waals surface area contributed by atoms with Gasteiger partial charge in [-0.2, -0.15) is 0 Å². The van der Waals surface area contributed by atoms with Gasteiger partial charge in [-0.05, 0) is 42.0 Å². The van der Waals surface area contributed by atoms with Crippen molar-refractivity contribution in [3.05, 3.63) is 88.7 Å². The molecule has 9 heteroatoms. The Morgan fingerprint density at radius 1 is 0.967 bits per heavy atom. The third kappa shape index (κ3) is 4.17. The molecule has 0 atom stereocenters. The normalized spacial score (nSPS) is 11.4. The Bertz CT molecular complexity index is 1320. The molecular formula is C21H14ClN3O3S2. The summed E-state index contributed by atoms with van der Waals surface area (Å²) in [5.41, 5.74) is 2.54. The van der Waals surface area contributed by atoms with E-state index in [1.54, 1.807) is 42.6 Å². The van der Waals surface area contributed by atoms with Gasteiger partial charge in [0.1, 0.15) is 0 Å². The highest BCUT2D eigenvalue weighted by atomic mass is 35.5. The molecule has 0 spiro atoms. The van der Waals surface area contributed by atoms with Crippen molar-refractivity contribution >= 4 is 38.7 Å². The van der Waals surface area contributed by atoms with Crippen LogP contribution in [0.3, 0.4) is 0 Å². The number of rotatable bonds is 5. The Hall–Kier alpha value is -2.91. The second-order valence-electron chi connectivity index (χ2n) is 6.34. The molecule has 0 saturated heterocycles. The van der Waals surface area contributed by atoms with E-state index in [4.69, 9.17) is 16.7 Å². The summed E-state index contributed by atoms with van der Waals surface area (Å²) in [6.07, 6.45) is 3.09. The lowest BCUT2D eigenvalue weighted by molar-refractivity contribution is 0.103. The second kappa shape index (κ2) is 8.08. The van der Waals surface area contributed by atoms with Crippen LogP contribution in [0.2, 0.25) is 5.02 Å². The van der Waals surface area contributed by atoms with Gasteiger partial charge in [0.15, 0.2) is 5.01 Å². The van der Waals surface area contributed by atoms with Gasteiger partial charge in [-0.15, -0.1) is 11.3 Å². The number of carbonyl (C=O) groups excluding carboxylic acids is 1. The van der Waals surface area contributed by atoms with Crippen LogP contribution in [-0.2, 0) is 10.0 Å². The minimum Gasteiger partial charge on any atom is -0.286 e. The molecule has 2 aromatic heterocycles. The number of pyridine rings is 1. The Balaban J connectivity index is 1.84. The number of halogens is 1. The molecule has 0 bridgehead atoms. The molecule has 0 amide bonds. The van der Waals surface area contributed by atoms with Crippen LogP contribution in [0.4, 0.5) is 0 Å². The lowest BCUT2D eigenvalue weighted by Gasteiger charge is -2.04. The van der Waals surface area contributed by atoms with E-state index < -0.39 is 10.0 Å². The molecule has 150 valence electrons. The Labute approximate surface area is 182 Å². The maximum atomic E-state index is 12.9. The van der Waals surface area contributed by atoms with Crippen molar-refractivity contribution in [1.29, 1.82) is 0 Å². The van der Waals surface area contributed by atoms with E-state index in [2.05, 4.69) is 9.97 Å². The third-order valence-electron chi connectivity index (χ3n) is 4.31. The molecule has 0 fully saturated rings. The molecule has 0 aliphatic rings. The van der Waals surface area contributed by atoms with E-state index in [-0.39, 0.29) is 10.7 Å². The quantitative estimate of drug-likeness (QED) is 0.449. The molecule has 2 aromatic carbocycles. The standard InChI is InChI=1S/C21H14ClN3O3S2/c22-16-7-3-13(4-8-16)18-20(14-5-9-17(10-6-14)30(23,27)28)29-21(25-18)19(26)15-2-1-11-24-12-15/h1-12H,(H2,23,27,28). The first kappa shape index (κ1) is 20.4. The van der Waals surface area contributed by atoms with Crippen molar-refractivity contribution in [3.63, 3.8) is 0 Å². The number of nitrogens with two attached hydrogens (primary N) is 1. The number of hydrogen-bond donors (Lipinski definition) is 1. The smallest absolute Gasteiger partial charge is 0.238 e. The number of primary sulfonamides is 1. The minimum absolute atomic E-state index is 0.00969. The van der Waals surface area contributed by atoms with Crippen LogP contribution in [0.5, 0.6) is 0 Å². The first-order valence-corrected chi connectivity index (χ1v) is 11.4. The summed E-state index contributed by atoms with van der Waals surface area (Å²) in [5.74, 6) is -0.240. The van der Waals surface area contributed by atoms with E-state index in [1.165, 1.54) is 29.7 Å². The van der Waals surface area contributed by atoms with E-state index in [1.807, 2.05) is 12.1 Å². The summed E-state index contributed by atoms with van der Waals surface area (Å²) in [4.78, 5) is 22.2. The van der Waals surface area contributed by atoms with Crippen molar-refractivity contribution < 1.29 is 13.2 Å². The SMILES string of the molecule is NS(=O)(=O)c1ccc(-c2sc(C(=O)c3cccnc3)nc2-c2ccc(Cl)cc2)cc1. The fourth-order valence-corrected chi connectivity index (χ4v) is 4.53. The predicted molar refractivity (Wildman–Crippen MR) is 117 cm³/mol. The molecule has 4 aromatic rings. The van der Waals surface area contributed by atoms with Crippen LogP contribution in [0.25, 0.3) is 21.7 Å². The van der Waals surface area contributed by atoms with Crippen LogP contribution in [0, 0.1) is 0 Å². The lowest BCUT2D eigenvalue weighted by atomic mass is 10.1. The highest BCUT2D eigenvalue weighted by molar-refractivity contribution is 7.89. The minimum atomic E-state index is -3.80. The highest BCUT2D eigenvalue weighted by Gasteiger charge is 2.21. The second-order valence-corrected chi connectivity index (χ2v) is 9.34. The number of aromatic nitrogens is 2. The molecule has 4 rings (SSSR count). The maximum Gasteiger partial charge on any atom is 0.238 e. The molecule has 0 aliphatic heterocycles. The van der Waals surface area contributed by atoms with E-state index >= 15 is 0 Å². The highest BCUT2D eigenvalue weighted by Crippen LogP contribution is 2.38. The Morgan fingerprint density at radius 2 is 1.63 bits per heavy atom. The summed E-state index contributed by atoms with van der Waals surface area (Å²) in [6, 6.07) is 16.6. The van der Waals surface area contributed by atoms with E-state index in [9.17, 15) is 13.2 Å². The van der Waals surface area contributed by atoms with Crippen molar-refractivity contribution in [3.8, 4) is 21.7 Å². The molecule has 30 heavy (non-hydrogen) atoms. The first-order valence-electron chi connectivity index (χ1n) is 8.67. The fourth-order valence-electron chi connectivity index (χ4n) is 2.83. The van der Waals surface area contributed by atoms with Crippen LogP contribution in [0.15, 0.2) is 78.0 Å². The lowest BCUT2D eigenvalue weighted by Crippen LogP contribution is -2.11. The van der Waals surface area contributed by atoms with Gasteiger partial charge in [0.05, 0.1) is 15.5 Å². The zero-order valence-electron chi connectivity index (χ0n) is 15.3. The van der Waals surface area contributed by atoms with Gasteiger partial charge < -0.3 is 0 Å². The number of carbonyl (C=O) groups is 1. The topological polar surface area (TPSA) is 103 Å². The Morgan fingerprint density at radius 3 is 2.23 bits per heavy atom. The number of benzene rings is 2. The van der Waals surface area contributed by atoms with Gasteiger partial charge >= 0.3 is 0 Å². The van der Waals surface area contributed by atoms with Crippen molar-refractivity contribution in [2.45, 2.75) is 4.90 Å². The summed E-state index contributed by atoms with van der Waals surface area (Å²) >= 11 is 7.23. The maximum absolute atomic E-state index is 12.9. The molecular weight excluding hydrogens is 442 g/mol. The number of sulfonamides is 1. The van der Waals surface area contributed by atoms with Gasteiger partial charge in [0.2, 0.25) is 15.8 Å². The van der Waals surface area contributed by atoms with Crippen molar-refractivity contribution in [1.82, 2.24) is 9.97 Å². The molecule has 0 saturated carbocycles. The summed E-state index contributed by atoms with van der Waals surface area (Å²) in [7, 11) is -3.80. The van der Waals surface area contributed by atoms with Gasteiger partial charge in [-0.25, -0.2) is 18.5 Å². The molecule has 0 radical (unpaired) electrons. The molecule has 2 heterocycles. The third-order valence-corrected chi connectivity index (χ3v) is 6.59. The molecule has 2 N–H and O–H groups in total. The van der Waals surface area contributed by atoms with Crippen LogP contribution in [-0.4, -0.2) is 24.2 Å². The van der Waals surface area contributed by atoms with Crippen LogP contribution < -0.4 is 5.14 Å². The van der Waals surface area contributed by atoms with E-state index in [0.29, 0.717) is 21.3 Å². The van der Waals surface area contributed by atoms with Gasteiger partial charge in [-0.3, -0.25) is 9.78 Å². The molecule has 6 nitrogen and oxygen atoms in total. The number of thiazole rings is 1. The van der Waals surface area contributed by atoms with Gasteiger partial charge in [0, 0.05) is 28.5 Å². The summed E-state index contributed by atoms with van der Waals surface area (Å²) in [5, 5.41) is 6.08. The monoisotopic (exact) mass is 455 g/mol. The predicted octanol–water partition coefficient (Wildman–Crippen LogP) is 4.40. The van der Waals surface area contributed by atoms with Crippen molar-refractivity contribution in [2.75, 3.05) is 0 Å². The van der Waals surface area contributed by atoms with Crippen LogP contribution in [0.1, 0.15) is 15.4 Å². The zero-order chi connectivity index (χ0) is 21.3. The molecule has 0 aliphatic carbocycles. The number of ketones is 1. The largest absolute Gasteiger partial charge is 0.286 e. The van der Waals surface area contributed by atoms with Gasteiger partial charge in [0.25, 0.3) is 0 Å². The fraction of sp³-hybridized carbons (Fsp3) is 0. The van der Waals surface area contributed by atoms with E-state index in [0.717, 1.165) is 16.0 Å². The molecule has 0 unspecified atom stereocenters. The van der Waals surface area contributed by atoms with Crippen molar-refractivity contribution in [2.24, 2.45) is 5.14 Å². The summed E-state index contributed by atoms with van der Waals surface area (Å²) < 4.78 is 23.1. The Kier molecular flexibility index (Phi) is 5.48. The van der Waals surface area contributed by atoms with Gasteiger partial charge in [-0.1, -0.05) is 35.9 Å². The van der Waals surface area contributed by atoms with Crippen LogP contribution >= 0.6 is 22.9 Å². The number of hydrogen-bond acceptors (Lipinski definition) is 6.